The molecule has 0 saturated heterocycles. The minimum absolute atomic E-state index is 0. The van der Waals surface area contributed by atoms with Crippen molar-refractivity contribution in [2.45, 2.75) is 18.8 Å². The van der Waals surface area contributed by atoms with Gasteiger partial charge in [0.05, 0.1) is 12.5 Å². The number of alkyl halides is 3. The fraction of sp³-hybridized carbons (Fsp3) is 0.300. The lowest BCUT2D eigenvalue weighted by Crippen LogP contribution is -2.17. The van der Waals surface area contributed by atoms with Gasteiger partial charge in [0, 0.05) is 6.04 Å². The Hall–Kier alpha value is -1.45. The Labute approximate surface area is 102 Å². The quantitative estimate of drug-likeness (QED) is 0.915. The van der Waals surface area contributed by atoms with Crippen molar-refractivity contribution in [3.05, 3.63) is 29.8 Å². The minimum Gasteiger partial charge on any atom is -0.406 e. The van der Waals surface area contributed by atoms with Crippen LogP contribution in [0, 0.1) is 11.3 Å². The number of nitrogens with two attached hydrogens (primary N) is 1. The highest BCUT2D eigenvalue weighted by molar-refractivity contribution is 5.85. The number of ether oxygens (including phenoxy) is 1. The predicted molar refractivity (Wildman–Crippen MR) is 57.5 cm³/mol. The molecule has 1 aromatic carbocycles. The van der Waals surface area contributed by atoms with E-state index in [2.05, 4.69) is 4.74 Å². The summed E-state index contributed by atoms with van der Waals surface area (Å²) in [6, 6.07) is 6.53. The third kappa shape index (κ3) is 5.43. The highest BCUT2D eigenvalue weighted by Crippen LogP contribution is 2.24. The van der Waals surface area contributed by atoms with Gasteiger partial charge in [0.2, 0.25) is 0 Å². The Balaban J connectivity index is 0.00000256. The van der Waals surface area contributed by atoms with E-state index in [9.17, 15) is 13.2 Å². The highest BCUT2D eigenvalue weighted by Gasteiger charge is 2.30. The number of rotatable bonds is 3. The van der Waals surface area contributed by atoms with Crippen LogP contribution in [0.15, 0.2) is 24.3 Å². The van der Waals surface area contributed by atoms with E-state index in [-0.39, 0.29) is 24.6 Å². The second kappa shape index (κ2) is 6.33. The molecule has 0 amide bonds. The molecule has 17 heavy (non-hydrogen) atoms. The molecule has 0 aliphatic heterocycles. The molecule has 0 radical (unpaired) electrons. The predicted octanol–water partition coefficient (Wildman–Crippen LogP) is 2.92. The van der Waals surface area contributed by atoms with Crippen LogP contribution in [0.1, 0.15) is 18.0 Å². The van der Waals surface area contributed by atoms with Crippen molar-refractivity contribution >= 4 is 12.4 Å². The molecule has 0 bridgehead atoms. The number of hydrogen-bond donors (Lipinski definition) is 1. The van der Waals surface area contributed by atoms with Crippen molar-refractivity contribution in [2.75, 3.05) is 0 Å². The normalized spacial score (nSPS) is 12.2. The zero-order valence-corrected chi connectivity index (χ0v) is 9.39. The van der Waals surface area contributed by atoms with Crippen LogP contribution < -0.4 is 10.5 Å². The molecule has 0 aliphatic carbocycles. The molecular formula is C10H10ClF3N2O. The summed E-state index contributed by atoms with van der Waals surface area (Å²) in [7, 11) is 0. The first-order valence-corrected chi connectivity index (χ1v) is 4.40. The average molecular weight is 267 g/mol. The number of nitrogens with zero attached hydrogens (tertiary/aromatic N) is 1. The van der Waals surface area contributed by atoms with Gasteiger partial charge in [-0.15, -0.1) is 25.6 Å². The molecule has 94 valence electrons. The summed E-state index contributed by atoms with van der Waals surface area (Å²) < 4.78 is 39.2. The maximum absolute atomic E-state index is 11.8. The summed E-state index contributed by atoms with van der Waals surface area (Å²) in [6.07, 6.45) is -4.59. The summed E-state index contributed by atoms with van der Waals surface area (Å²) in [6.45, 7) is 0. The van der Waals surface area contributed by atoms with Gasteiger partial charge in [-0.25, -0.2) is 0 Å². The van der Waals surface area contributed by atoms with E-state index in [1.54, 1.807) is 0 Å². The molecule has 1 rings (SSSR count). The molecule has 0 aliphatic rings. The lowest BCUT2D eigenvalue weighted by molar-refractivity contribution is -0.274. The molecule has 7 heteroatoms. The van der Waals surface area contributed by atoms with Gasteiger partial charge in [-0.05, 0) is 17.7 Å². The van der Waals surface area contributed by atoms with E-state index in [0.717, 1.165) is 0 Å². The van der Waals surface area contributed by atoms with Gasteiger partial charge in [0.1, 0.15) is 5.75 Å². The lowest BCUT2D eigenvalue weighted by atomic mass is 10.1. The molecule has 0 heterocycles. The topological polar surface area (TPSA) is 59.0 Å². The molecule has 2 N–H and O–H groups in total. The molecule has 3 nitrogen and oxygen atoms in total. The van der Waals surface area contributed by atoms with Gasteiger partial charge in [-0.2, -0.15) is 5.26 Å². The third-order valence-corrected chi connectivity index (χ3v) is 1.85. The lowest BCUT2D eigenvalue weighted by Gasteiger charge is -2.11. The van der Waals surface area contributed by atoms with Crippen molar-refractivity contribution in [3.63, 3.8) is 0 Å². The first-order chi connectivity index (χ1) is 7.42. The van der Waals surface area contributed by atoms with Crippen LogP contribution in [0.25, 0.3) is 0 Å². The maximum Gasteiger partial charge on any atom is 0.573 e. The van der Waals surface area contributed by atoms with Crippen LogP contribution in [0.4, 0.5) is 13.2 Å². The number of nitriles is 1. The molecule has 0 fully saturated rings. The average Bonchev–Trinajstić information content (AvgIpc) is 2.16. The molecule has 1 aromatic rings. The van der Waals surface area contributed by atoms with E-state index in [1.165, 1.54) is 24.3 Å². The van der Waals surface area contributed by atoms with E-state index in [1.807, 2.05) is 6.07 Å². The van der Waals surface area contributed by atoms with E-state index in [4.69, 9.17) is 11.0 Å². The van der Waals surface area contributed by atoms with E-state index < -0.39 is 12.4 Å². The summed E-state index contributed by atoms with van der Waals surface area (Å²) >= 11 is 0. The van der Waals surface area contributed by atoms with Crippen molar-refractivity contribution in [2.24, 2.45) is 5.73 Å². The van der Waals surface area contributed by atoms with Crippen LogP contribution in [-0.4, -0.2) is 6.36 Å². The Bertz CT molecular complexity index is 386. The molecule has 0 saturated carbocycles. The first kappa shape index (κ1) is 15.6. The molecular weight excluding hydrogens is 257 g/mol. The SMILES string of the molecule is Cl.N#CCC(N)c1ccc(OC(F)(F)F)cc1. The van der Waals surface area contributed by atoms with Crippen LogP contribution in [0.5, 0.6) is 5.75 Å². The van der Waals surface area contributed by atoms with Gasteiger partial charge in [-0.3, -0.25) is 0 Å². The summed E-state index contributed by atoms with van der Waals surface area (Å²) in [5.74, 6) is -0.305. The molecule has 1 unspecified atom stereocenters. The van der Waals surface area contributed by atoms with Gasteiger partial charge < -0.3 is 10.5 Å². The fourth-order valence-electron chi connectivity index (χ4n) is 1.13. The Morgan fingerprint density at radius 3 is 2.24 bits per heavy atom. The van der Waals surface area contributed by atoms with Crippen molar-refractivity contribution < 1.29 is 17.9 Å². The van der Waals surface area contributed by atoms with E-state index >= 15 is 0 Å². The van der Waals surface area contributed by atoms with Gasteiger partial charge >= 0.3 is 6.36 Å². The van der Waals surface area contributed by atoms with Crippen LogP contribution in [-0.2, 0) is 0 Å². The van der Waals surface area contributed by atoms with Crippen LogP contribution >= 0.6 is 12.4 Å². The number of benzene rings is 1. The molecule has 0 spiro atoms. The smallest absolute Gasteiger partial charge is 0.406 e. The zero-order chi connectivity index (χ0) is 12.2. The molecule has 0 aromatic heterocycles. The van der Waals surface area contributed by atoms with Gasteiger partial charge in [0.25, 0.3) is 0 Å². The summed E-state index contributed by atoms with van der Waals surface area (Å²) in [4.78, 5) is 0. The second-order valence-electron chi connectivity index (χ2n) is 3.09. The fourth-order valence-corrected chi connectivity index (χ4v) is 1.13. The number of halogens is 4. The zero-order valence-electron chi connectivity index (χ0n) is 8.57. The largest absolute Gasteiger partial charge is 0.573 e. The Morgan fingerprint density at radius 2 is 1.82 bits per heavy atom. The maximum atomic E-state index is 11.8. The van der Waals surface area contributed by atoms with Crippen LogP contribution in [0.2, 0.25) is 0 Å². The third-order valence-electron chi connectivity index (χ3n) is 1.85. The van der Waals surface area contributed by atoms with Gasteiger partial charge in [0.15, 0.2) is 0 Å². The monoisotopic (exact) mass is 266 g/mol. The highest BCUT2D eigenvalue weighted by atomic mass is 35.5. The Morgan fingerprint density at radius 1 is 1.29 bits per heavy atom. The molecule has 1 atom stereocenters. The standard InChI is InChI=1S/C10H9F3N2O.ClH/c11-10(12,13)16-8-3-1-7(2-4-8)9(15)5-6-14;/h1-4,9H,5,15H2;1H. The minimum atomic E-state index is -4.70. The first-order valence-electron chi connectivity index (χ1n) is 4.40. The van der Waals surface area contributed by atoms with Crippen molar-refractivity contribution in [3.8, 4) is 11.8 Å². The van der Waals surface area contributed by atoms with Crippen molar-refractivity contribution in [1.29, 1.82) is 5.26 Å². The second-order valence-corrected chi connectivity index (χ2v) is 3.09. The number of hydrogen-bond acceptors (Lipinski definition) is 3. The Kier molecular flexibility index (Phi) is 5.79. The van der Waals surface area contributed by atoms with Crippen LogP contribution in [0.3, 0.4) is 0 Å². The van der Waals surface area contributed by atoms with E-state index in [0.29, 0.717) is 5.56 Å². The van der Waals surface area contributed by atoms with Gasteiger partial charge in [-0.1, -0.05) is 12.1 Å². The summed E-state index contributed by atoms with van der Waals surface area (Å²) in [5.41, 5.74) is 6.19. The van der Waals surface area contributed by atoms with Crippen molar-refractivity contribution in [1.82, 2.24) is 0 Å². The summed E-state index contributed by atoms with van der Waals surface area (Å²) in [5, 5.41) is 8.40.